The lowest BCUT2D eigenvalue weighted by Gasteiger charge is -2.43. The fourth-order valence-electron chi connectivity index (χ4n) is 4.30. The summed E-state index contributed by atoms with van der Waals surface area (Å²) in [6.45, 7) is 12.8. The third-order valence-corrected chi connectivity index (χ3v) is 5.18. The van der Waals surface area contributed by atoms with Gasteiger partial charge in [0.25, 0.3) is 0 Å². The maximum absolute atomic E-state index is 5.16. The van der Waals surface area contributed by atoms with Crippen molar-refractivity contribution in [2.45, 2.75) is 52.5 Å². The number of nitrogens with one attached hydrogen (secondary N) is 1. The van der Waals surface area contributed by atoms with Crippen molar-refractivity contribution in [1.82, 2.24) is 5.32 Å². The molecule has 2 nitrogen and oxygen atoms in total. The first-order valence-electron chi connectivity index (χ1n) is 6.96. The maximum atomic E-state index is 5.16. The predicted molar refractivity (Wildman–Crippen MR) is 71.8 cm³/mol. The molecule has 0 aromatic rings. The summed E-state index contributed by atoms with van der Waals surface area (Å²) in [7, 11) is 0. The number of ether oxygens (including phenoxy) is 1. The van der Waals surface area contributed by atoms with Crippen LogP contribution in [0.1, 0.15) is 46.5 Å². The van der Waals surface area contributed by atoms with Crippen LogP contribution in [0, 0.1) is 16.7 Å². The number of hydrogen-bond donors (Lipinski definition) is 1. The highest BCUT2D eigenvalue weighted by Gasteiger charge is 2.58. The van der Waals surface area contributed by atoms with Gasteiger partial charge < -0.3 is 10.1 Å². The summed E-state index contributed by atoms with van der Waals surface area (Å²) < 4.78 is 5.16. The quantitative estimate of drug-likeness (QED) is 0.565. The van der Waals surface area contributed by atoms with Gasteiger partial charge in [0.15, 0.2) is 0 Å². The zero-order valence-electron chi connectivity index (χ0n) is 11.6. The van der Waals surface area contributed by atoms with E-state index in [2.05, 4.69) is 32.7 Å². The van der Waals surface area contributed by atoms with E-state index in [0.29, 0.717) is 16.9 Å². The van der Waals surface area contributed by atoms with Crippen LogP contribution in [0.3, 0.4) is 0 Å². The highest BCUT2D eigenvalue weighted by molar-refractivity contribution is 5.11. The van der Waals surface area contributed by atoms with E-state index in [9.17, 15) is 0 Å². The molecule has 1 N–H and O–H groups in total. The molecule has 2 aliphatic carbocycles. The van der Waals surface area contributed by atoms with Crippen LogP contribution in [0.2, 0.25) is 0 Å². The molecule has 98 valence electrons. The Morgan fingerprint density at radius 3 is 2.76 bits per heavy atom. The lowest BCUT2D eigenvalue weighted by atomic mass is 9.68. The van der Waals surface area contributed by atoms with Gasteiger partial charge in [-0.15, -0.1) is 0 Å². The third kappa shape index (κ3) is 2.24. The van der Waals surface area contributed by atoms with Crippen molar-refractivity contribution in [3.8, 4) is 0 Å². The van der Waals surface area contributed by atoms with E-state index in [1.165, 1.54) is 25.5 Å². The molecular weight excluding hydrogens is 210 g/mol. The molecule has 0 aliphatic heterocycles. The van der Waals surface area contributed by atoms with Crippen LogP contribution >= 0.6 is 0 Å². The monoisotopic (exact) mass is 237 g/mol. The van der Waals surface area contributed by atoms with Crippen LogP contribution in [0.15, 0.2) is 12.8 Å². The zero-order chi connectivity index (χ0) is 12.5. The van der Waals surface area contributed by atoms with E-state index in [1.54, 1.807) is 0 Å². The van der Waals surface area contributed by atoms with Gasteiger partial charge in [0, 0.05) is 6.04 Å². The van der Waals surface area contributed by atoms with E-state index in [-0.39, 0.29) is 0 Å². The molecule has 2 heteroatoms. The Kier molecular flexibility index (Phi) is 3.53. The van der Waals surface area contributed by atoms with Gasteiger partial charge in [0.2, 0.25) is 0 Å². The molecule has 0 aromatic heterocycles. The molecule has 0 radical (unpaired) electrons. The fourth-order valence-corrected chi connectivity index (χ4v) is 4.30. The Balaban J connectivity index is 1.85. The highest BCUT2D eigenvalue weighted by atomic mass is 16.5. The van der Waals surface area contributed by atoms with Gasteiger partial charge in [-0.1, -0.05) is 27.4 Å². The highest BCUT2D eigenvalue weighted by Crippen LogP contribution is 2.62. The molecule has 2 aliphatic rings. The van der Waals surface area contributed by atoms with E-state index in [1.807, 2.05) is 0 Å². The van der Waals surface area contributed by atoms with E-state index in [0.717, 1.165) is 25.5 Å². The van der Waals surface area contributed by atoms with Gasteiger partial charge in [-0.3, -0.25) is 0 Å². The van der Waals surface area contributed by atoms with Gasteiger partial charge in [-0.2, -0.15) is 0 Å². The smallest absolute Gasteiger partial charge is 0.0885 e. The summed E-state index contributed by atoms with van der Waals surface area (Å²) in [6.07, 6.45) is 6.85. The van der Waals surface area contributed by atoms with Crippen molar-refractivity contribution in [3.05, 3.63) is 12.8 Å². The molecule has 0 amide bonds. The first kappa shape index (κ1) is 12.9. The second-order valence-corrected chi connectivity index (χ2v) is 6.69. The average molecular weight is 237 g/mol. The Morgan fingerprint density at radius 2 is 2.18 bits per heavy atom. The Bertz CT molecular complexity index is 282. The van der Waals surface area contributed by atoms with Crippen molar-refractivity contribution in [1.29, 1.82) is 0 Å². The van der Waals surface area contributed by atoms with Gasteiger partial charge in [-0.25, -0.2) is 0 Å². The molecule has 0 heterocycles. The summed E-state index contributed by atoms with van der Waals surface area (Å²) in [5.41, 5.74) is 1.000. The molecule has 0 aromatic carbocycles. The van der Waals surface area contributed by atoms with Crippen LogP contribution in [-0.4, -0.2) is 19.2 Å². The van der Waals surface area contributed by atoms with Crippen LogP contribution in [0.5, 0.6) is 0 Å². The molecule has 17 heavy (non-hydrogen) atoms. The van der Waals surface area contributed by atoms with Gasteiger partial charge in [0.05, 0.1) is 12.9 Å². The third-order valence-electron chi connectivity index (χ3n) is 5.18. The largest absolute Gasteiger partial charge is 0.502 e. The first-order valence-corrected chi connectivity index (χ1v) is 6.96. The normalized spacial score (nSPS) is 38.3. The minimum absolute atomic E-state index is 0.465. The van der Waals surface area contributed by atoms with Gasteiger partial charge in [-0.05, 0) is 49.0 Å². The summed E-state index contributed by atoms with van der Waals surface area (Å²) in [5, 5.41) is 3.79. The molecule has 1 unspecified atom stereocenters. The van der Waals surface area contributed by atoms with Crippen LogP contribution < -0.4 is 5.32 Å². The molecule has 2 fully saturated rings. The molecule has 0 spiro atoms. The summed E-state index contributed by atoms with van der Waals surface area (Å²) in [5.74, 6) is 0.925. The van der Waals surface area contributed by atoms with Crippen molar-refractivity contribution in [2.24, 2.45) is 16.7 Å². The van der Waals surface area contributed by atoms with E-state index in [4.69, 9.17) is 4.74 Å². The van der Waals surface area contributed by atoms with Crippen molar-refractivity contribution in [2.75, 3.05) is 13.2 Å². The van der Waals surface area contributed by atoms with Gasteiger partial charge >= 0.3 is 0 Å². The topological polar surface area (TPSA) is 21.3 Å². The molecule has 0 saturated heterocycles. The summed E-state index contributed by atoms with van der Waals surface area (Å²) >= 11 is 0. The number of fused-ring (bicyclic) bond motifs is 2. The predicted octanol–water partition coefficient (Wildman–Crippen LogP) is 3.34. The molecular formula is C15H27NO. The van der Waals surface area contributed by atoms with Crippen molar-refractivity contribution >= 4 is 0 Å². The van der Waals surface area contributed by atoms with Crippen LogP contribution in [0.25, 0.3) is 0 Å². The Hall–Kier alpha value is -0.500. The second-order valence-electron chi connectivity index (χ2n) is 6.69. The standard InChI is InChI=1S/C15H27NO/c1-5-17-10-6-9-16-13-14(2,3)12-7-8-15(13,4)11-12/h5,12-13,16H,1,6-11H2,2-4H3/t12-,13?,15+/m0/s1. The average Bonchev–Trinajstić information content (AvgIpc) is 2.73. The van der Waals surface area contributed by atoms with Crippen LogP contribution in [-0.2, 0) is 4.74 Å². The molecule has 3 atom stereocenters. The van der Waals surface area contributed by atoms with Gasteiger partial charge in [0.1, 0.15) is 0 Å². The Labute approximate surface area is 106 Å². The lowest BCUT2D eigenvalue weighted by molar-refractivity contribution is 0.107. The minimum Gasteiger partial charge on any atom is -0.502 e. The van der Waals surface area contributed by atoms with Crippen molar-refractivity contribution in [3.63, 3.8) is 0 Å². The first-order chi connectivity index (χ1) is 8.00. The zero-order valence-corrected chi connectivity index (χ0v) is 11.6. The molecule has 2 bridgehead atoms. The van der Waals surface area contributed by atoms with Crippen LogP contribution in [0.4, 0.5) is 0 Å². The van der Waals surface area contributed by atoms with E-state index >= 15 is 0 Å². The maximum Gasteiger partial charge on any atom is 0.0885 e. The second kappa shape index (κ2) is 4.64. The lowest BCUT2D eigenvalue weighted by Crippen LogP contribution is -2.50. The number of hydrogen-bond acceptors (Lipinski definition) is 2. The SMILES string of the molecule is C=COCCCNC1C(C)(C)[C@H]2CC[C@]1(C)C2. The summed E-state index contributed by atoms with van der Waals surface area (Å²) in [6, 6.07) is 0.678. The minimum atomic E-state index is 0.465. The van der Waals surface area contributed by atoms with Crippen molar-refractivity contribution < 1.29 is 4.74 Å². The van der Waals surface area contributed by atoms with E-state index < -0.39 is 0 Å². The molecule has 2 saturated carbocycles. The Morgan fingerprint density at radius 1 is 1.41 bits per heavy atom. The summed E-state index contributed by atoms with van der Waals surface area (Å²) in [4.78, 5) is 0. The number of rotatable bonds is 6. The molecule has 2 rings (SSSR count). The fraction of sp³-hybridized carbons (Fsp3) is 0.867.